The first kappa shape index (κ1) is 42.4. The van der Waals surface area contributed by atoms with Gasteiger partial charge in [0.05, 0.1) is 0 Å². The number of benzene rings is 6. The molecule has 0 saturated carbocycles. The van der Waals surface area contributed by atoms with Crippen molar-refractivity contribution in [3.05, 3.63) is 184 Å². The quantitative estimate of drug-likeness (QED) is 0.122. The molecule has 0 spiro atoms. The third-order valence-corrected chi connectivity index (χ3v) is 33.8. The first-order valence-electron chi connectivity index (χ1n) is 18.0. The Balaban J connectivity index is 0.000000184. The van der Waals surface area contributed by atoms with E-state index in [-0.39, 0.29) is 7.43 Å². The molecule has 6 aromatic carbocycles. The maximum absolute atomic E-state index is 3.69. The normalized spacial score (nSPS) is 14.4. The van der Waals surface area contributed by atoms with E-state index in [0.29, 0.717) is 0 Å². The van der Waals surface area contributed by atoms with Gasteiger partial charge in [-0.2, -0.15) is 0 Å². The SMILES string of the molecule is Brc1ccccc1/C=C\c1cc(Br)c(/C=C\c2ccccc2Br)cc1Br.C.[CH3][Sn]1([CH3])[c]2ccccc2C=Cc2c[c]3c(c[c]21)C=Cc1cccc[c]1[Sn]3([CH3])[CH3]. The second-order valence-corrected chi connectivity index (χ2v) is 42.8. The van der Waals surface area contributed by atoms with Crippen LogP contribution in [-0.2, 0) is 0 Å². The molecule has 0 saturated heterocycles. The zero-order valence-corrected chi connectivity index (χ0v) is 42.7. The minimum atomic E-state index is -2.65. The van der Waals surface area contributed by atoms with E-state index < -0.39 is 36.8 Å². The standard InChI is InChI=1S/C22H14Br4.C22H14.CH4.4CH3.2Sn/c23-19-7-3-1-5-15(19)9-11-17-13-22(26)18(14-21(17)25)12-10-16-6-2-4-8-20(16)24;1-3-7-19(8-4-1)11-13-21-15-17-22(18-16-21)14-12-20-9-5-2-6-10-20;;;;;;;/h1-14H;1-7,9,11-15,18H;1H4;4*1H3;;/b11-9-,12-10-;;;;;;;;. The molecule has 55 heavy (non-hydrogen) atoms. The molecule has 0 nitrogen and oxygen atoms in total. The Bertz CT molecular complexity index is 2330. The van der Waals surface area contributed by atoms with Gasteiger partial charge in [0.15, 0.2) is 0 Å². The summed E-state index contributed by atoms with van der Waals surface area (Å²) in [5, 5.41) is 0. The number of hydrogen-bond acceptors (Lipinski definition) is 0. The van der Waals surface area contributed by atoms with Crippen LogP contribution in [0.3, 0.4) is 0 Å². The van der Waals surface area contributed by atoms with Gasteiger partial charge in [-0.05, 0) is 46.5 Å². The Kier molecular flexibility index (Phi) is 14.0. The summed E-state index contributed by atoms with van der Waals surface area (Å²) in [6.45, 7) is 0. The van der Waals surface area contributed by atoms with Gasteiger partial charge in [0.25, 0.3) is 0 Å². The zero-order chi connectivity index (χ0) is 38.0. The molecule has 0 fully saturated rings. The molecule has 2 aliphatic rings. The van der Waals surface area contributed by atoms with Crippen LogP contribution in [0.5, 0.6) is 0 Å². The molecule has 276 valence electrons. The summed E-state index contributed by atoms with van der Waals surface area (Å²) >= 11 is 9.23. The molecule has 2 heterocycles. The number of hydrogen-bond donors (Lipinski definition) is 0. The van der Waals surface area contributed by atoms with Gasteiger partial charge in [-0.25, -0.2) is 0 Å². The fourth-order valence-corrected chi connectivity index (χ4v) is 26.9. The fraction of sp³-hybridized carbons (Fsp3) is 0.102. The summed E-state index contributed by atoms with van der Waals surface area (Å²) in [4.78, 5) is 10.3. The van der Waals surface area contributed by atoms with Gasteiger partial charge in [0.2, 0.25) is 0 Å². The zero-order valence-electron chi connectivity index (χ0n) is 30.7. The maximum atomic E-state index is 3.69. The van der Waals surface area contributed by atoms with Crippen LogP contribution in [0, 0.1) is 0 Å². The first-order valence-corrected chi connectivity index (χ1v) is 38.3. The number of halogens is 4. The van der Waals surface area contributed by atoms with Crippen molar-refractivity contribution in [3.8, 4) is 0 Å². The van der Waals surface area contributed by atoms with E-state index in [1.54, 1.807) is 14.3 Å². The molecule has 0 aromatic heterocycles. The molecule has 0 amide bonds. The second kappa shape index (κ2) is 18.2. The van der Waals surface area contributed by atoms with Gasteiger partial charge in [0.1, 0.15) is 0 Å². The second-order valence-electron chi connectivity index (χ2n) is 14.7. The van der Waals surface area contributed by atoms with E-state index in [2.05, 4.69) is 217 Å². The third kappa shape index (κ3) is 9.26. The molecule has 0 radical (unpaired) electrons. The van der Waals surface area contributed by atoms with Gasteiger partial charge in [0, 0.05) is 17.9 Å². The van der Waals surface area contributed by atoms with Crippen molar-refractivity contribution in [2.24, 2.45) is 0 Å². The monoisotopic (exact) mass is 1190 g/mol. The average Bonchev–Trinajstić information content (AvgIpc) is 3.35. The summed E-state index contributed by atoms with van der Waals surface area (Å²) in [5.41, 5.74) is 10.3. The van der Waals surface area contributed by atoms with Crippen molar-refractivity contribution in [2.45, 2.75) is 27.2 Å². The van der Waals surface area contributed by atoms with Crippen LogP contribution in [0.15, 0.2) is 139 Å². The number of rotatable bonds is 4. The molecule has 2 aliphatic heterocycles. The first-order chi connectivity index (χ1) is 25.9. The molecule has 0 atom stereocenters. The summed E-state index contributed by atoms with van der Waals surface area (Å²) < 4.78 is 10.8. The Hall–Kier alpha value is -2.20. The van der Waals surface area contributed by atoms with E-state index in [0.717, 1.165) is 40.1 Å². The predicted octanol–water partition coefficient (Wildman–Crippen LogP) is 14.0. The van der Waals surface area contributed by atoms with Crippen molar-refractivity contribution in [1.82, 2.24) is 0 Å². The molecular formula is C49H44Br4Sn2. The van der Waals surface area contributed by atoms with Crippen molar-refractivity contribution in [1.29, 1.82) is 0 Å². The van der Waals surface area contributed by atoms with E-state index >= 15 is 0 Å². The van der Waals surface area contributed by atoms with Crippen molar-refractivity contribution in [3.63, 3.8) is 0 Å². The molecular weight excluding hydrogens is 1150 g/mol. The Morgan fingerprint density at radius 1 is 0.345 bits per heavy atom. The van der Waals surface area contributed by atoms with Gasteiger partial charge in [-0.1, -0.05) is 132 Å². The van der Waals surface area contributed by atoms with Gasteiger partial charge in [-0.15, -0.1) is 0 Å². The third-order valence-electron chi connectivity index (χ3n) is 10.5. The van der Waals surface area contributed by atoms with Crippen LogP contribution >= 0.6 is 63.7 Å². The minimum absolute atomic E-state index is 0. The Morgan fingerprint density at radius 2 is 0.673 bits per heavy atom. The van der Waals surface area contributed by atoms with Crippen LogP contribution < -0.4 is 14.3 Å². The predicted molar refractivity (Wildman–Crippen MR) is 265 cm³/mol. The van der Waals surface area contributed by atoms with Crippen molar-refractivity contribution < 1.29 is 0 Å². The van der Waals surface area contributed by atoms with E-state index in [1.807, 2.05) is 36.4 Å². The summed E-state index contributed by atoms with van der Waals surface area (Å²) in [5.74, 6) is 0. The van der Waals surface area contributed by atoms with Crippen LogP contribution in [0.4, 0.5) is 0 Å². The molecule has 8 rings (SSSR count). The van der Waals surface area contributed by atoms with Crippen molar-refractivity contribution in [2.75, 3.05) is 0 Å². The molecule has 6 aromatic rings. The summed E-state index contributed by atoms with van der Waals surface area (Å²) in [7, 11) is 0. The average molecular weight is 1190 g/mol. The molecule has 0 unspecified atom stereocenters. The van der Waals surface area contributed by atoms with Crippen LogP contribution in [0.2, 0.25) is 19.8 Å². The molecule has 6 heteroatoms. The fourth-order valence-electron chi connectivity index (χ4n) is 7.48. The van der Waals surface area contributed by atoms with Gasteiger partial charge in [-0.3, -0.25) is 0 Å². The van der Waals surface area contributed by atoms with Crippen LogP contribution in [0.25, 0.3) is 48.6 Å². The molecule has 0 aliphatic carbocycles. The summed E-state index contributed by atoms with van der Waals surface area (Å²) in [6.07, 6.45) is 17.9. The van der Waals surface area contributed by atoms with E-state index in [1.165, 1.54) is 22.3 Å². The summed E-state index contributed by atoms with van der Waals surface area (Å²) in [6, 6.07) is 43.9. The molecule has 0 bridgehead atoms. The Morgan fingerprint density at radius 3 is 1.07 bits per heavy atom. The van der Waals surface area contributed by atoms with Crippen LogP contribution in [0.1, 0.15) is 51.9 Å². The molecule has 0 N–H and O–H groups in total. The van der Waals surface area contributed by atoms with E-state index in [9.17, 15) is 0 Å². The van der Waals surface area contributed by atoms with E-state index in [4.69, 9.17) is 0 Å². The van der Waals surface area contributed by atoms with Crippen LogP contribution in [-0.4, -0.2) is 36.8 Å². The topological polar surface area (TPSA) is 0 Å². The van der Waals surface area contributed by atoms with Gasteiger partial charge < -0.3 is 0 Å². The Labute approximate surface area is 369 Å². The van der Waals surface area contributed by atoms with Gasteiger partial charge >= 0.3 is 178 Å². The number of fused-ring (bicyclic) bond motifs is 4. The van der Waals surface area contributed by atoms with Crippen molar-refractivity contribution >= 4 is 163 Å².